The molecule has 8 heteroatoms. The standard InChI is InChI=1S/C26H23N3O4S/c1-2-29-22-6-4-3-5-20(22)21-15-18(9-12-23(21)29)28-25(31)16-34-19-10-7-17(8-11-19)27-24(30)13-14-26(32)33/h3-15H,2,16H2,1H3,(H,27,30)(H,28,31)(H,32,33)/b14-13+. The summed E-state index contributed by atoms with van der Waals surface area (Å²) in [7, 11) is 0. The van der Waals surface area contributed by atoms with Gasteiger partial charge in [-0.1, -0.05) is 18.2 Å². The van der Waals surface area contributed by atoms with Crippen LogP contribution in [0.3, 0.4) is 0 Å². The molecule has 0 aliphatic carbocycles. The van der Waals surface area contributed by atoms with E-state index in [0.717, 1.165) is 45.6 Å². The average Bonchev–Trinajstić information content (AvgIpc) is 3.15. The first-order valence-corrected chi connectivity index (χ1v) is 11.7. The van der Waals surface area contributed by atoms with E-state index in [1.165, 1.54) is 17.3 Å². The summed E-state index contributed by atoms with van der Waals surface area (Å²) in [6.07, 6.45) is 1.73. The van der Waals surface area contributed by atoms with Gasteiger partial charge >= 0.3 is 5.97 Å². The van der Waals surface area contributed by atoms with Gasteiger partial charge in [-0.25, -0.2) is 4.79 Å². The first kappa shape index (κ1) is 23.1. The fourth-order valence-corrected chi connectivity index (χ4v) is 4.48. The second-order valence-electron chi connectivity index (χ2n) is 7.52. The molecule has 3 N–H and O–H groups in total. The number of carbonyl (C=O) groups excluding carboxylic acids is 2. The summed E-state index contributed by atoms with van der Waals surface area (Å²) in [5.74, 6) is -1.59. The molecule has 34 heavy (non-hydrogen) atoms. The van der Waals surface area contributed by atoms with Gasteiger partial charge in [0.05, 0.1) is 5.75 Å². The van der Waals surface area contributed by atoms with E-state index in [1.54, 1.807) is 24.3 Å². The molecule has 0 radical (unpaired) electrons. The Hall–Kier alpha value is -4.04. The minimum atomic E-state index is -1.19. The Labute approximate surface area is 200 Å². The topological polar surface area (TPSA) is 100 Å². The molecule has 0 aliphatic heterocycles. The first-order chi connectivity index (χ1) is 16.4. The number of aliphatic carboxylic acids is 1. The van der Waals surface area contributed by atoms with Crippen LogP contribution < -0.4 is 10.6 Å². The molecule has 172 valence electrons. The van der Waals surface area contributed by atoms with Gasteiger partial charge in [0.15, 0.2) is 0 Å². The van der Waals surface area contributed by atoms with E-state index in [1.807, 2.05) is 30.3 Å². The lowest BCUT2D eigenvalue weighted by atomic mass is 10.1. The van der Waals surface area contributed by atoms with E-state index in [4.69, 9.17) is 5.11 Å². The molecule has 1 heterocycles. The van der Waals surface area contributed by atoms with Crippen LogP contribution in [0.15, 0.2) is 83.8 Å². The number of para-hydroxylation sites is 1. The van der Waals surface area contributed by atoms with Crippen molar-refractivity contribution in [3.8, 4) is 0 Å². The highest BCUT2D eigenvalue weighted by Gasteiger charge is 2.11. The number of anilines is 2. The number of carboxylic acid groups (broad SMARTS) is 1. The normalized spacial score (nSPS) is 11.2. The van der Waals surface area contributed by atoms with Crippen molar-refractivity contribution in [2.24, 2.45) is 0 Å². The van der Waals surface area contributed by atoms with E-state index in [0.29, 0.717) is 5.69 Å². The third kappa shape index (κ3) is 5.29. The number of carboxylic acids is 1. The number of nitrogens with zero attached hydrogens (tertiary/aromatic N) is 1. The SMILES string of the molecule is CCn1c2ccccc2c2cc(NC(=O)CSc3ccc(NC(=O)/C=C/C(=O)O)cc3)ccc21. The third-order valence-electron chi connectivity index (χ3n) is 5.24. The Morgan fingerprint density at radius 1 is 0.882 bits per heavy atom. The summed E-state index contributed by atoms with van der Waals surface area (Å²) < 4.78 is 2.26. The first-order valence-electron chi connectivity index (χ1n) is 10.7. The zero-order valence-corrected chi connectivity index (χ0v) is 19.3. The molecule has 4 rings (SSSR count). The lowest BCUT2D eigenvalue weighted by molar-refractivity contribution is -0.131. The molecule has 0 saturated heterocycles. The van der Waals surface area contributed by atoms with Gasteiger partial charge in [-0.05, 0) is 55.5 Å². The van der Waals surface area contributed by atoms with Gasteiger partial charge in [0, 0.05) is 56.8 Å². The van der Waals surface area contributed by atoms with Crippen LogP contribution in [-0.4, -0.2) is 33.2 Å². The molecular formula is C26H23N3O4S. The average molecular weight is 474 g/mol. The van der Waals surface area contributed by atoms with E-state index in [9.17, 15) is 14.4 Å². The third-order valence-corrected chi connectivity index (χ3v) is 6.25. The van der Waals surface area contributed by atoms with Crippen molar-refractivity contribution in [3.05, 3.63) is 78.9 Å². The lowest BCUT2D eigenvalue weighted by Crippen LogP contribution is -2.13. The molecule has 0 aliphatic rings. The van der Waals surface area contributed by atoms with Gasteiger partial charge in [0.1, 0.15) is 0 Å². The Bertz CT molecular complexity index is 1410. The second kappa shape index (κ2) is 10.3. The molecule has 3 aromatic carbocycles. The summed E-state index contributed by atoms with van der Waals surface area (Å²) >= 11 is 1.38. The largest absolute Gasteiger partial charge is 0.478 e. The summed E-state index contributed by atoms with van der Waals surface area (Å²) in [5, 5.41) is 16.4. The van der Waals surface area contributed by atoms with Gasteiger partial charge in [-0.3, -0.25) is 9.59 Å². The minimum absolute atomic E-state index is 0.111. The number of thioether (sulfide) groups is 1. The maximum absolute atomic E-state index is 12.5. The maximum Gasteiger partial charge on any atom is 0.328 e. The molecule has 1 aromatic heterocycles. The number of aromatic nitrogens is 1. The van der Waals surface area contributed by atoms with E-state index >= 15 is 0 Å². The van der Waals surface area contributed by atoms with Gasteiger partial charge < -0.3 is 20.3 Å². The fourth-order valence-electron chi connectivity index (χ4n) is 3.78. The van der Waals surface area contributed by atoms with Crippen LogP contribution >= 0.6 is 11.8 Å². The van der Waals surface area contributed by atoms with Crippen LogP contribution in [0.2, 0.25) is 0 Å². The fraction of sp³-hybridized carbons (Fsp3) is 0.115. The minimum Gasteiger partial charge on any atom is -0.478 e. The van der Waals surface area contributed by atoms with Gasteiger partial charge in [-0.15, -0.1) is 11.8 Å². The van der Waals surface area contributed by atoms with Crippen LogP contribution in [0.5, 0.6) is 0 Å². The van der Waals surface area contributed by atoms with Crippen molar-refractivity contribution < 1.29 is 19.5 Å². The van der Waals surface area contributed by atoms with Crippen LogP contribution in [0.4, 0.5) is 11.4 Å². The Morgan fingerprint density at radius 2 is 1.59 bits per heavy atom. The Balaban J connectivity index is 1.37. The smallest absolute Gasteiger partial charge is 0.328 e. The number of nitrogens with one attached hydrogen (secondary N) is 2. The van der Waals surface area contributed by atoms with Crippen LogP contribution in [0.25, 0.3) is 21.8 Å². The zero-order valence-electron chi connectivity index (χ0n) is 18.4. The molecule has 2 amide bonds. The van der Waals surface area contributed by atoms with Crippen molar-refractivity contribution in [1.29, 1.82) is 0 Å². The summed E-state index contributed by atoms with van der Waals surface area (Å²) in [5.41, 5.74) is 3.61. The summed E-state index contributed by atoms with van der Waals surface area (Å²) in [4.78, 5) is 35.5. The van der Waals surface area contributed by atoms with Gasteiger partial charge in [0.2, 0.25) is 11.8 Å². The molecule has 0 saturated carbocycles. The number of aryl methyl sites for hydroxylation is 1. The number of benzene rings is 3. The van der Waals surface area contributed by atoms with E-state index in [2.05, 4.69) is 34.3 Å². The van der Waals surface area contributed by atoms with Crippen LogP contribution in [0.1, 0.15) is 6.92 Å². The lowest BCUT2D eigenvalue weighted by Gasteiger charge is -2.07. The van der Waals surface area contributed by atoms with Gasteiger partial charge in [-0.2, -0.15) is 0 Å². The predicted molar refractivity (Wildman–Crippen MR) is 136 cm³/mol. The molecule has 0 spiro atoms. The molecule has 4 aromatic rings. The number of fused-ring (bicyclic) bond motifs is 3. The number of hydrogen-bond donors (Lipinski definition) is 3. The molecule has 0 fully saturated rings. The molecule has 0 bridgehead atoms. The van der Waals surface area contributed by atoms with Gasteiger partial charge in [0.25, 0.3) is 0 Å². The molecular weight excluding hydrogens is 450 g/mol. The van der Waals surface area contributed by atoms with Crippen molar-refractivity contribution in [2.45, 2.75) is 18.4 Å². The quantitative estimate of drug-likeness (QED) is 0.243. The van der Waals surface area contributed by atoms with Crippen molar-refractivity contribution in [3.63, 3.8) is 0 Å². The second-order valence-corrected chi connectivity index (χ2v) is 8.56. The molecule has 0 atom stereocenters. The van der Waals surface area contributed by atoms with Crippen molar-refractivity contribution in [1.82, 2.24) is 4.57 Å². The highest BCUT2D eigenvalue weighted by molar-refractivity contribution is 8.00. The van der Waals surface area contributed by atoms with E-state index in [-0.39, 0.29) is 11.7 Å². The monoisotopic (exact) mass is 473 g/mol. The maximum atomic E-state index is 12.5. The van der Waals surface area contributed by atoms with Crippen LogP contribution in [-0.2, 0) is 20.9 Å². The zero-order chi connectivity index (χ0) is 24.1. The number of amides is 2. The number of hydrogen-bond acceptors (Lipinski definition) is 4. The summed E-state index contributed by atoms with van der Waals surface area (Å²) in [6.45, 7) is 2.99. The predicted octanol–water partition coefficient (Wildman–Crippen LogP) is 5.12. The van der Waals surface area contributed by atoms with Crippen molar-refractivity contribution >= 4 is 62.7 Å². The van der Waals surface area contributed by atoms with Crippen molar-refractivity contribution in [2.75, 3.05) is 16.4 Å². The number of carbonyl (C=O) groups is 3. The Kier molecular flexibility index (Phi) is 6.98. The van der Waals surface area contributed by atoms with E-state index < -0.39 is 11.9 Å². The Morgan fingerprint density at radius 3 is 2.32 bits per heavy atom. The highest BCUT2D eigenvalue weighted by atomic mass is 32.2. The highest BCUT2D eigenvalue weighted by Crippen LogP contribution is 2.31. The number of rotatable bonds is 8. The van der Waals surface area contributed by atoms with Crippen LogP contribution in [0, 0.1) is 0 Å². The molecule has 0 unspecified atom stereocenters. The summed E-state index contributed by atoms with van der Waals surface area (Å²) in [6, 6.07) is 21.2. The molecule has 7 nitrogen and oxygen atoms in total.